The Balaban J connectivity index is 4.08. The molecule has 8 heteroatoms. The molecule has 0 unspecified atom stereocenters. The first-order valence-electron chi connectivity index (χ1n) is 4.84. The molecule has 0 aromatic heterocycles. The minimum atomic E-state index is -4.41. The highest BCUT2D eigenvalue weighted by atomic mass is 32.2. The van der Waals surface area contributed by atoms with Gasteiger partial charge in [-0.3, -0.25) is 4.79 Å². The van der Waals surface area contributed by atoms with Crippen LogP contribution in [-0.2, 0) is 9.59 Å². The topological polar surface area (TPSA) is 66.4 Å². The maximum Gasteiger partial charge on any atom is 0.389 e. The van der Waals surface area contributed by atoms with Gasteiger partial charge in [0, 0.05) is 6.42 Å². The second-order valence-corrected chi connectivity index (χ2v) is 4.34. The van der Waals surface area contributed by atoms with Crippen molar-refractivity contribution >= 4 is 23.6 Å². The van der Waals surface area contributed by atoms with E-state index in [1.807, 2.05) is 0 Å². The van der Waals surface area contributed by atoms with E-state index in [0.717, 1.165) is 0 Å². The van der Waals surface area contributed by atoms with E-state index in [4.69, 9.17) is 5.11 Å². The third-order valence-corrected chi connectivity index (χ3v) is 2.52. The highest BCUT2D eigenvalue weighted by Crippen LogP contribution is 2.21. The maximum atomic E-state index is 11.8. The van der Waals surface area contributed by atoms with Crippen molar-refractivity contribution in [3.63, 3.8) is 0 Å². The van der Waals surface area contributed by atoms with Crippen molar-refractivity contribution < 1.29 is 27.9 Å². The standard InChI is InChI=1S/C9H14F3NO3S/c1-17-5-3-6(8(15)16)13-7(14)2-4-9(10,11)12/h6H,2-5H2,1H3,(H,13,14)(H,15,16)/t6-/m1/s1. The SMILES string of the molecule is CSCC[C@@H](NC(=O)CCC(F)(F)F)C(=O)O. The highest BCUT2D eigenvalue weighted by Gasteiger charge is 2.29. The second kappa shape index (κ2) is 7.41. The summed E-state index contributed by atoms with van der Waals surface area (Å²) in [5.74, 6) is -1.62. The summed E-state index contributed by atoms with van der Waals surface area (Å²) in [6, 6.07) is -1.12. The van der Waals surface area contributed by atoms with E-state index in [-0.39, 0.29) is 6.42 Å². The number of nitrogens with one attached hydrogen (secondary N) is 1. The van der Waals surface area contributed by atoms with E-state index >= 15 is 0 Å². The van der Waals surface area contributed by atoms with Crippen molar-refractivity contribution in [2.24, 2.45) is 0 Å². The molecule has 0 aliphatic carbocycles. The van der Waals surface area contributed by atoms with Crippen LogP contribution in [0.25, 0.3) is 0 Å². The molecule has 0 bridgehead atoms. The third kappa shape index (κ3) is 8.84. The van der Waals surface area contributed by atoms with E-state index in [2.05, 4.69) is 5.32 Å². The minimum Gasteiger partial charge on any atom is -0.480 e. The molecule has 0 rings (SSSR count). The van der Waals surface area contributed by atoms with Gasteiger partial charge in [-0.05, 0) is 18.4 Å². The molecular formula is C9H14F3NO3S. The molecule has 0 aromatic rings. The van der Waals surface area contributed by atoms with Gasteiger partial charge in [0.25, 0.3) is 0 Å². The zero-order chi connectivity index (χ0) is 13.5. The molecule has 0 saturated carbocycles. The summed E-state index contributed by atoms with van der Waals surface area (Å²) in [5.41, 5.74) is 0. The van der Waals surface area contributed by atoms with E-state index in [0.29, 0.717) is 5.75 Å². The van der Waals surface area contributed by atoms with Crippen LogP contribution >= 0.6 is 11.8 Å². The summed E-state index contributed by atoms with van der Waals surface area (Å²) < 4.78 is 35.4. The predicted molar refractivity (Wildman–Crippen MR) is 57.9 cm³/mol. The number of aliphatic carboxylic acids is 1. The molecule has 4 nitrogen and oxygen atoms in total. The van der Waals surface area contributed by atoms with E-state index in [1.165, 1.54) is 11.8 Å². The number of thioether (sulfide) groups is 1. The molecule has 17 heavy (non-hydrogen) atoms. The molecular weight excluding hydrogens is 259 g/mol. The van der Waals surface area contributed by atoms with Gasteiger partial charge in [-0.15, -0.1) is 0 Å². The van der Waals surface area contributed by atoms with Crippen LogP contribution in [0.2, 0.25) is 0 Å². The first-order chi connectivity index (χ1) is 7.76. The summed E-state index contributed by atoms with van der Waals surface area (Å²) in [6.45, 7) is 0. The molecule has 0 aliphatic heterocycles. The molecule has 0 aliphatic rings. The van der Waals surface area contributed by atoms with Gasteiger partial charge in [0.1, 0.15) is 6.04 Å². The number of carbonyl (C=O) groups is 2. The van der Waals surface area contributed by atoms with Crippen molar-refractivity contribution in [2.75, 3.05) is 12.0 Å². The van der Waals surface area contributed by atoms with Gasteiger partial charge in [0.2, 0.25) is 5.91 Å². The fourth-order valence-corrected chi connectivity index (χ4v) is 1.49. The average Bonchev–Trinajstić information content (AvgIpc) is 2.19. The first-order valence-corrected chi connectivity index (χ1v) is 6.23. The Labute approximate surface area is 101 Å². The quantitative estimate of drug-likeness (QED) is 0.740. The molecule has 100 valence electrons. The molecule has 0 fully saturated rings. The van der Waals surface area contributed by atoms with Gasteiger partial charge in [-0.1, -0.05) is 0 Å². The molecule has 1 atom stereocenters. The maximum absolute atomic E-state index is 11.8. The lowest BCUT2D eigenvalue weighted by Gasteiger charge is -2.14. The Bertz CT molecular complexity index is 271. The normalized spacial score (nSPS) is 13.2. The van der Waals surface area contributed by atoms with Crippen molar-refractivity contribution in [3.8, 4) is 0 Å². The van der Waals surface area contributed by atoms with Gasteiger partial charge >= 0.3 is 12.1 Å². The third-order valence-electron chi connectivity index (χ3n) is 1.88. The van der Waals surface area contributed by atoms with E-state index < -0.39 is 36.9 Å². The lowest BCUT2D eigenvalue weighted by Crippen LogP contribution is -2.41. The number of carbonyl (C=O) groups excluding carboxylic acids is 1. The van der Waals surface area contributed by atoms with Gasteiger partial charge in [-0.25, -0.2) is 4.79 Å². The Morgan fingerprint density at radius 2 is 2.00 bits per heavy atom. The summed E-state index contributed by atoms with van der Waals surface area (Å²) in [5, 5.41) is 10.8. The average molecular weight is 273 g/mol. The van der Waals surface area contributed by atoms with Crippen molar-refractivity contribution in [1.29, 1.82) is 0 Å². The lowest BCUT2D eigenvalue weighted by atomic mass is 10.2. The predicted octanol–water partition coefficient (Wildman–Crippen LogP) is 1.65. The minimum absolute atomic E-state index is 0.189. The second-order valence-electron chi connectivity index (χ2n) is 3.35. The zero-order valence-corrected chi connectivity index (χ0v) is 10.0. The summed E-state index contributed by atoms with van der Waals surface area (Å²) in [4.78, 5) is 21.8. The monoisotopic (exact) mass is 273 g/mol. The van der Waals surface area contributed by atoms with Gasteiger partial charge < -0.3 is 10.4 Å². The zero-order valence-electron chi connectivity index (χ0n) is 9.21. The fraction of sp³-hybridized carbons (Fsp3) is 0.778. The number of rotatable bonds is 7. The van der Waals surface area contributed by atoms with Gasteiger partial charge in [0.15, 0.2) is 0 Å². The Morgan fingerprint density at radius 1 is 1.41 bits per heavy atom. The van der Waals surface area contributed by atoms with Crippen molar-refractivity contribution in [1.82, 2.24) is 5.32 Å². The van der Waals surface area contributed by atoms with Crippen LogP contribution in [0.3, 0.4) is 0 Å². The Kier molecular flexibility index (Phi) is 7.01. The highest BCUT2D eigenvalue weighted by molar-refractivity contribution is 7.98. The van der Waals surface area contributed by atoms with Gasteiger partial charge in [0.05, 0.1) is 6.42 Å². The van der Waals surface area contributed by atoms with E-state index in [1.54, 1.807) is 6.26 Å². The van der Waals surface area contributed by atoms with Crippen LogP contribution < -0.4 is 5.32 Å². The number of hydrogen-bond donors (Lipinski definition) is 2. The van der Waals surface area contributed by atoms with Crippen LogP contribution in [0, 0.1) is 0 Å². The number of alkyl halides is 3. The number of hydrogen-bond acceptors (Lipinski definition) is 3. The van der Waals surface area contributed by atoms with Crippen molar-refractivity contribution in [3.05, 3.63) is 0 Å². The smallest absolute Gasteiger partial charge is 0.389 e. The van der Waals surface area contributed by atoms with Crippen LogP contribution in [0.4, 0.5) is 13.2 Å². The number of carboxylic acid groups (broad SMARTS) is 1. The fourth-order valence-electron chi connectivity index (χ4n) is 1.01. The number of amides is 1. The Hall–Kier alpha value is -0.920. The molecule has 0 radical (unpaired) electrons. The molecule has 0 saturated heterocycles. The lowest BCUT2D eigenvalue weighted by molar-refractivity contribution is -0.146. The van der Waals surface area contributed by atoms with Crippen LogP contribution in [0.1, 0.15) is 19.3 Å². The molecule has 2 N–H and O–H groups in total. The number of carboxylic acids is 1. The van der Waals surface area contributed by atoms with Crippen LogP contribution in [0.5, 0.6) is 0 Å². The first kappa shape index (κ1) is 16.1. The number of halogens is 3. The summed E-state index contributed by atoms with van der Waals surface area (Å²) in [7, 11) is 0. The van der Waals surface area contributed by atoms with Gasteiger partial charge in [-0.2, -0.15) is 24.9 Å². The van der Waals surface area contributed by atoms with Crippen LogP contribution in [0.15, 0.2) is 0 Å². The summed E-state index contributed by atoms with van der Waals surface area (Å²) >= 11 is 1.40. The summed E-state index contributed by atoms with van der Waals surface area (Å²) in [6.07, 6.45) is -4.44. The molecule has 1 amide bonds. The Morgan fingerprint density at radius 3 is 2.41 bits per heavy atom. The van der Waals surface area contributed by atoms with E-state index in [9.17, 15) is 22.8 Å². The molecule has 0 aromatic carbocycles. The molecule has 0 spiro atoms. The largest absolute Gasteiger partial charge is 0.480 e. The van der Waals surface area contributed by atoms with Crippen LogP contribution in [-0.4, -0.2) is 41.2 Å². The van der Waals surface area contributed by atoms with Crippen molar-refractivity contribution in [2.45, 2.75) is 31.5 Å². The molecule has 0 heterocycles.